The smallest absolute Gasteiger partial charge is 0.248 e. The van der Waals surface area contributed by atoms with Crippen molar-refractivity contribution in [3.05, 3.63) is 69.1 Å². The molecular formula is C18H20N2O. The Bertz CT molecular complexity index is 719. The lowest BCUT2D eigenvalue weighted by molar-refractivity contribution is 0.422. The van der Waals surface area contributed by atoms with Gasteiger partial charge in [0.2, 0.25) is 5.56 Å². The van der Waals surface area contributed by atoms with Gasteiger partial charge in [0.25, 0.3) is 0 Å². The highest BCUT2D eigenvalue weighted by atomic mass is 16.1. The van der Waals surface area contributed by atoms with E-state index in [2.05, 4.69) is 34.6 Å². The van der Waals surface area contributed by atoms with Crippen molar-refractivity contribution in [2.45, 2.75) is 37.6 Å². The number of hydrogen-bond acceptors (Lipinski definition) is 2. The van der Waals surface area contributed by atoms with E-state index in [1.54, 1.807) is 6.07 Å². The lowest BCUT2D eigenvalue weighted by Crippen LogP contribution is -2.34. The first kappa shape index (κ1) is 12.8. The van der Waals surface area contributed by atoms with Crippen molar-refractivity contribution >= 4 is 0 Å². The molecule has 2 aliphatic rings. The fourth-order valence-corrected chi connectivity index (χ4v) is 3.74. The Hall–Kier alpha value is -1.87. The minimum Gasteiger partial charge on any atom is -0.326 e. The van der Waals surface area contributed by atoms with Crippen molar-refractivity contribution in [2.75, 3.05) is 6.54 Å². The molecule has 0 aliphatic heterocycles. The summed E-state index contributed by atoms with van der Waals surface area (Å²) in [5.74, 6) is 0.648. The first-order valence-corrected chi connectivity index (χ1v) is 7.84. The Morgan fingerprint density at radius 1 is 1.14 bits per heavy atom. The summed E-state index contributed by atoms with van der Waals surface area (Å²) >= 11 is 0. The van der Waals surface area contributed by atoms with Crippen molar-refractivity contribution in [3.63, 3.8) is 0 Å². The van der Waals surface area contributed by atoms with Crippen LogP contribution in [-0.4, -0.2) is 11.5 Å². The zero-order chi connectivity index (χ0) is 14.2. The van der Waals surface area contributed by atoms with Gasteiger partial charge in [0.05, 0.1) is 0 Å². The number of aryl methyl sites for hydroxylation is 1. The van der Waals surface area contributed by atoms with Crippen LogP contribution in [0.15, 0.2) is 41.2 Å². The highest BCUT2D eigenvalue weighted by Gasteiger charge is 2.27. The predicted octanol–water partition coefficient (Wildman–Crippen LogP) is 2.68. The van der Waals surface area contributed by atoms with Crippen LogP contribution in [0.5, 0.6) is 0 Å². The fraction of sp³-hybridized carbons (Fsp3) is 0.389. The van der Waals surface area contributed by atoms with E-state index in [-0.39, 0.29) is 5.56 Å². The summed E-state index contributed by atoms with van der Waals surface area (Å²) in [7, 11) is 0. The molecule has 0 spiro atoms. The van der Waals surface area contributed by atoms with Gasteiger partial charge < -0.3 is 10.3 Å². The van der Waals surface area contributed by atoms with Crippen molar-refractivity contribution in [3.8, 4) is 0 Å². The van der Waals surface area contributed by atoms with Gasteiger partial charge in [-0.25, -0.2) is 0 Å². The molecular weight excluding hydrogens is 260 g/mol. The maximum Gasteiger partial charge on any atom is 0.248 e. The highest BCUT2D eigenvalue weighted by Crippen LogP contribution is 2.35. The number of benzene rings is 1. The molecule has 21 heavy (non-hydrogen) atoms. The quantitative estimate of drug-likeness (QED) is 0.908. The van der Waals surface area contributed by atoms with Gasteiger partial charge in [0.1, 0.15) is 0 Å². The van der Waals surface area contributed by atoms with E-state index in [9.17, 15) is 4.79 Å². The minimum atomic E-state index is 0.0160. The zero-order valence-corrected chi connectivity index (χ0v) is 12.1. The van der Waals surface area contributed by atoms with Gasteiger partial charge in [-0.1, -0.05) is 30.3 Å². The molecule has 1 aromatic heterocycles. The first-order valence-electron chi connectivity index (χ1n) is 7.84. The second-order valence-corrected chi connectivity index (χ2v) is 6.21. The number of aromatic amines is 1. The number of pyridine rings is 1. The van der Waals surface area contributed by atoms with Crippen LogP contribution in [0.4, 0.5) is 0 Å². The van der Waals surface area contributed by atoms with Crippen LogP contribution >= 0.6 is 0 Å². The van der Waals surface area contributed by atoms with Crippen LogP contribution in [0.3, 0.4) is 0 Å². The van der Waals surface area contributed by atoms with Crippen LogP contribution in [0.25, 0.3) is 0 Å². The molecule has 3 heteroatoms. The SMILES string of the molecule is O=c1ccc2c([nH]1)CCCC2NCC1Cc2ccccc21. The van der Waals surface area contributed by atoms with Gasteiger partial charge in [-0.05, 0) is 42.4 Å². The van der Waals surface area contributed by atoms with Gasteiger partial charge in [-0.15, -0.1) is 0 Å². The molecule has 0 saturated heterocycles. The molecule has 2 atom stereocenters. The average Bonchev–Trinajstić information content (AvgIpc) is 2.48. The van der Waals surface area contributed by atoms with E-state index in [1.165, 1.54) is 23.1 Å². The molecule has 1 aromatic carbocycles. The first-order chi connectivity index (χ1) is 10.3. The molecule has 2 aliphatic carbocycles. The fourth-order valence-electron chi connectivity index (χ4n) is 3.74. The normalized spacial score (nSPS) is 23.0. The number of fused-ring (bicyclic) bond motifs is 2. The molecule has 3 nitrogen and oxygen atoms in total. The second kappa shape index (κ2) is 5.15. The monoisotopic (exact) mass is 280 g/mol. The zero-order valence-electron chi connectivity index (χ0n) is 12.1. The maximum atomic E-state index is 11.4. The van der Waals surface area contributed by atoms with Gasteiger partial charge in [-0.3, -0.25) is 4.79 Å². The lowest BCUT2D eigenvalue weighted by atomic mass is 9.77. The molecule has 0 saturated carbocycles. The summed E-state index contributed by atoms with van der Waals surface area (Å²) in [5.41, 5.74) is 5.43. The molecule has 0 bridgehead atoms. The molecule has 108 valence electrons. The molecule has 2 aromatic rings. The van der Waals surface area contributed by atoms with Gasteiger partial charge in [-0.2, -0.15) is 0 Å². The van der Waals surface area contributed by atoms with Gasteiger partial charge in [0, 0.05) is 30.3 Å². The molecule has 2 N–H and O–H groups in total. The summed E-state index contributed by atoms with van der Waals surface area (Å²) in [6.45, 7) is 1.03. The number of hydrogen-bond donors (Lipinski definition) is 2. The number of H-pyrrole nitrogens is 1. The van der Waals surface area contributed by atoms with Gasteiger partial charge >= 0.3 is 0 Å². The van der Waals surface area contributed by atoms with Crippen molar-refractivity contribution in [2.24, 2.45) is 0 Å². The number of nitrogens with one attached hydrogen (secondary N) is 2. The third-order valence-corrected chi connectivity index (χ3v) is 4.90. The van der Waals surface area contributed by atoms with E-state index in [0.29, 0.717) is 12.0 Å². The highest BCUT2D eigenvalue weighted by molar-refractivity contribution is 5.40. The van der Waals surface area contributed by atoms with Crippen LogP contribution in [-0.2, 0) is 12.8 Å². The maximum absolute atomic E-state index is 11.4. The van der Waals surface area contributed by atoms with E-state index in [4.69, 9.17) is 0 Å². The third-order valence-electron chi connectivity index (χ3n) is 4.90. The Balaban J connectivity index is 1.47. The third kappa shape index (κ3) is 2.32. The van der Waals surface area contributed by atoms with Crippen molar-refractivity contribution < 1.29 is 0 Å². The van der Waals surface area contributed by atoms with Crippen LogP contribution in [0.2, 0.25) is 0 Å². The van der Waals surface area contributed by atoms with Crippen molar-refractivity contribution in [1.29, 1.82) is 0 Å². The predicted molar refractivity (Wildman–Crippen MR) is 83.6 cm³/mol. The molecule has 4 rings (SSSR count). The van der Waals surface area contributed by atoms with Gasteiger partial charge in [0.15, 0.2) is 0 Å². The number of rotatable bonds is 3. The number of aromatic nitrogens is 1. The Kier molecular flexibility index (Phi) is 3.15. The van der Waals surface area contributed by atoms with E-state index >= 15 is 0 Å². The largest absolute Gasteiger partial charge is 0.326 e. The molecule has 0 fully saturated rings. The molecule has 0 radical (unpaired) electrons. The topological polar surface area (TPSA) is 44.9 Å². The summed E-state index contributed by atoms with van der Waals surface area (Å²) in [6, 6.07) is 12.8. The van der Waals surface area contributed by atoms with Crippen LogP contribution in [0.1, 0.15) is 47.2 Å². The van der Waals surface area contributed by atoms with Crippen LogP contribution in [0, 0.1) is 0 Å². The Labute approximate surface area is 124 Å². The second-order valence-electron chi connectivity index (χ2n) is 6.21. The molecule has 2 unspecified atom stereocenters. The Morgan fingerprint density at radius 3 is 2.95 bits per heavy atom. The summed E-state index contributed by atoms with van der Waals surface area (Å²) in [6.07, 6.45) is 4.49. The van der Waals surface area contributed by atoms with Crippen molar-refractivity contribution in [1.82, 2.24) is 10.3 Å². The standard InChI is InChI=1S/C18H20N2O/c21-18-9-8-15-16(6-3-7-17(15)20-18)19-11-13-10-12-4-1-2-5-14(12)13/h1-2,4-5,8-9,13,16,19H,3,6-7,10-11H2,(H,20,21). The van der Waals surface area contributed by atoms with E-state index in [1.807, 2.05) is 6.07 Å². The van der Waals surface area contributed by atoms with Crippen LogP contribution < -0.4 is 10.9 Å². The summed E-state index contributed by atoms with van der Waals surface area (Å²) in [4.78, 5) is 14.4. The Morgan fingerprint density at radius 2 is 2.05 bits per heavy atom. The summed E-state index contributed by atoms with van der Waals surface area (Å²) < 4.78 is 0. The summed E-state index contributed by atoms with van der Waals surface area (Å²) in [5, 5.41) is 3.72. The lowest BCUT2D eigenvalue weighted by Gasteiger charge is -2.33. The van der Waals surface area contributed by atoms with E-state index < -0.39 is 0 Å². The minimum absolute atomic E-state index is 0.0160. The molecule has 1 heterocycles. The van der Waals surface area contributed by atoms with E-state index in [0.717, 1.165) is 31.5 Å². The molecule has 0 amide bonds. The average molecular weight is 280 g/mol.